The highest BCUT2D eigenvalue weighted by Gasteiger charge is 2.23. The minimum absolute atomic E-state index is 0.166. The van der Waals surface area contributed by atoms with Crippen LogP contribution in [0.15, 0.2) is 43.0 Å². The van der Waals surface area contributed by atoms with E-state index in [-0.39, 0.29) is 22.5 Å². The highest BCUT2D eigenvalue weighted by atomic mass is 19.1. The van der Waals surface area contributed by atoms with Crippen LogP contribution < -0.4 is 5.32 Å². The molecule has 0 fully saturated rings. The number of nitrogens with one attached hydrogen (secondary N) is 3. The van der Waals surface area contributed by atoms with Gasteiger partial charge < -0.3 is 10.3 Å². The van der Waals surface area contributed by atoms with Crippen molar-refractivity contribution < 1.29 is 9.18 Å². The van der Waals surface area contributed by atoms with Crippen molar-refractivity contribution in [2.75, 3.05) is 5.32 Å². The molecule has 0 aromatic carbocycles. The molecule has 0 bridgehead atoms. The van der Waals surface area contributed by atoms with Crippen LogP contribution in [0.2, 0.25) is 0 Å². The summed E-state index contributed by atoms with van der Waals surface area (Å²) in [5, 5.41) is 9.94. The topological polar surface area (TPSA) is 125 Å². The summed E-state index contributed by atoms with van der Waals surface area (Å²) >= 11 is 0. The normalized spacial score (nSPS) is 11.9. The van der Waals surface area contributed by atoms with Crippen LogP contribution in [0.25, 0.3) is 44.8 Å². The monoisotopic (exact) mass is 430 g/mol. The molecule has 5 aromatic heterocycles. The van der Waals surface area contributed by atoms with E-state index >= 15 is 4.39 Å². The fourth-order valence-corrected chi connectivity index (χ4v) is 3.26. The second kappa shape index (κ2) is 7.19. The first-order valence-corrected chi connectivity index (χ1v) is 9.92. The standard InChI is InChI=1S/C22H19FN8O/c1-22(2,3)21(32)27-12-7-11(8-24-9-12)13-10-26-19-15(16(13)23)17(30-31-19)20-28-14-5-4-6-25-18(14)29-20/h4-10H,1-3H3,(H,27,32)(H,25,28,29)(H,26,30,31). The van der Waals surface area contributed by atoms with Crippen LogP contribution in [0.3, 0.4) is 0 Å². The number of imidazole rings is 1. The summed E-state index contributed by atoms with van der Waals surface area (Å²) in [5.74, 6) is -0.280. The molecular formula is C22H19FN8O. The van der Waals surface area contributed by atoms with E-state index in [1.54, 1.807) is 18.3 Å². The van der Waals surface area contributed by atoms with Crippen molar-refractivity contribution in [1.29, 1.82) is 0 Å². The Morgan fingerprint density at radius 2 is 1.97 bits per heavy atom. The van der Waals surface area contributed by atoms with Gasteiger partial charge in [-0.2, -0.15) is 5.10 Å². The molecule has 0 spiro atoms. The number of nitrogens with zero attached hydrogens (tertiary/aromatic N) is 5. The van der Waals surface area contributed by atoms with E-state index in [2.05, 4.69) is 40.4 Å². The highest BCUT2D eigenvalue weighted by Crippen LogP contribution is 2.33. The van der Waals surface area contributed by atoms with Gasteiger partial charge >= 0.3 is 0 Å². The van der Waals surface area contributed by atoms with Crippen molar-refractivity contribution in [3.63, 3.8) is 0 Å². The summed E-state index contributed by atoms with van der Waals surface area (Å²) in [6.45, 7) is 5.43. The molecule has 32 heavy (non-hydrogen) atoms. The molecular weight excluding hydrogens is 411 g/mol. The van der Waals surface area contributed by atoms with Crippen molar-refractivity contribution >= 4 is 33.8 Å². The van der Waals surface area contributed by atoms with Gasteiger partial charge in [-0.1, -0.05) is 20.8 Å². The second-order valence-corrected chi connectivity index (χ2v) is 8.41. The number of aromatic amines is 2. The number of anilines is 1. The Labute approximate surface area is 181 Å². The van der Waals surface area contributed by atoms with Gasteiger partial charge in [0.2, 0.25) is 5.91 Å². The van der Waals surface area contributed by atoms with Crippen molar-refractivity contribution in [3.8, 4) is 22.6 Å². The second-order valence-electron chi connectivity index (χ2n) is 8.41. The summed E-state index contributed by atoms with van der Waals surface area (Å²) in [6.07, 6.45) is 6.07. The average molecular weight is 430 g/mol. The zero-order valence-corrected chi connectivity index (χ0v) is 17.6. The van der Waals surface area contributed by atoms with Gasteiger partial charge in [-0.05, 0) is 18.2 Å². The maximum absolute atomic E-state index is 15.7. The van der Waals surface area contributed by atoms with Gasteiger partial charge in [-0.25, -0.2) is 19.3 Å². The summed E-state index contributed by atoms with van der Waals surface area (Å²) in [4.78, 5) is 32.5. The van der Waals surface area contributed by atoms with Crippen LogP contribution in [0.5, 0.6) is 0 Å². The number of H-pyrrole nitrogens is 2. The van der Waals surface area contributed by atoms with Crippen molar-refractivity contribution in [3.05, 3.63) is 48.8 Å². The molecule has 9 nitrogen and oxygen atoms in total. The molecule has 5 rings (SSSR count). The molecule has 0 saturated heterocycles. The van der Waals surface area contributed by atoms with Gasteiger partial charge in [-0.15, -0.1) is 0 Å². The molecule has 0 unspecified atom stereocenters. The zero-order chi connectivity index (χ0) is 22.5. The molecule has 1 amide bonds. The number of amides is 1. The van der Waals surface area contributed by atoms with Crippen LogP contribution in [-0.2, 0) is 4.79 Å². The Bertz CT molecular complexity index is 1450. The Kier molecular flexibility index (Phi) is 4.43. The van der Waals surface area contributed by atoms with E-state index in [1.807, 2.05) is 26.8 Å². The first-order valence-electron chi connectivity index (χ1n) is 9.92. The van der Waals surface area contributed by atoms with Gasteiger partial charge in [0.25, 0.3) is 0 Å². The average Bonchev–Trinajstić information content (AvgIpc) is 3.38. The first-order chi connectivity index (χ1) is 15.3. The zero-order valence-electron chi connectivity index (χ0n) is 17.6. The van der Waals surface area contributed by atoms with Crippen LogP contribution in [0.1, 0.15) is 20.8 Å². The number of carbonyl (C=O) groups excluding carboxylic acids is 1. The molecule has 5 aromatic rings. The lowest BCUT2D eigenvalue weighted by Crippen LogP contribution is -2.27. The van der Waals surface area contributed by atoms with Gasteiger partial charge in [0.15, 0.2) is 17.1 Å². The summed E-state index contributed by atoms with van der Waals surface area (Å²) in [7, 11) is 0. The van der Waals surface area contributed by atoms with Crippen LogP contribution in [0, 0.1) is 11.2 Å². The smallest absolute Gasteiger partial charge is 0.229 e. The van der Waals surface area contributed by atoms with E-state index in [0.29, 0.717) is 28.4 Å². The van der Waals surface area contributed by atoms with Crippen molar-refractivity contribution in [1.82, 2.24) is 35.1 Å². The van der Waals surface area contributed by atoms with Gasteiger partial charge in [0.05, 0.1) is 22.8 Å². The van der Waals surface area contributed by atoms with Crippen molar-refractivity contribution in [2.24, 2.45) is 5.41 Å². The van der Waals surface area contributed by atoms with Crippen LogP contribution in [0.4, 0.5) is 10.1 Å². The number of hydrogen-bond acceptors (Lipinski definition) is 6. The molecule has 0 saturated carbocycles. The quantitative estimate of drug-likeness (QED) is 0.396. The number of aromatic nitrogens is 7. The number of carbonyl (C=O) groups is 1. The number of halogens is 1. The third-order valence-electron chi connectivity index (χ3n) is 5.00. The SMILES string of the molecule is CC(C)(C)C(=O)Nc1cncc(-c2cnc3n[nH]c(-c4nc5ncccc5[nH]4)c3c2F)c1. The summed E-state index contributed by atoms with van der Waals surface area (Å²) in [5.41, 5.74) is 2.43. The fraction of sp³-hybridized carbons (Fsp3) is 0.182. The Morgan fingerprint density at radius 3 is 2.75 bits per heavy atom. The molecule has 0 atom stereocenters. The molecule has 160 valence electrons. The number of pyridine rings is 3. The van der Waals surface area contributed by atoms with Crippen molar-refractivity contribution in [2.45, 2.75) is 20.8 Å². The maximum Gasteiger partial charge on any atom is 0.229 e. The maximum atomic E-state index is 15.7. The lowest BCUT2D eigenvalue weighted by Gasteiger charge is -2.17. The molecule has 3 N–H and O–H groups in total. The van der Waals surface area contributed by atoms with Crippen LogP contribution in [-0.4, -0.2) is 41.0 Å². The van der Waals surface area contributed by atoms with Gasteiger partial charge in [0, 0.05) is 35.1 Å². The summed E-state index contributed by atoms with van der Waals surface area (Å²) in [6, 6.07) is 5.28. The van der Waals surface area contributed by atoms with E-state index in [4.69, 9.17) is 0 Å². The van der Waals surface area contributed by atoms with Crippen LogP contribution >= 0.6 is 0 Å². The number of rotatable bonds is 3. The molecule has 0 radical (unpaired) electrons. The first kappa shape index (κ1) is 19.7. The Balaban J connectivity index is 1.59. The van der Waals surface area contributed by atoms with Gasteiger partial charge in [0.1, 0.15) is 11.5 Å². The van der Waals surface area contributed by atoms with E-state index in [1.165, 1.54) is 18.6 Å². The molecule has 0 aliphatic rings. The lowest BCUT2D eigenvalue weighted by molar-refractivity contribution is -0.123. The van der Waals surface area contributed by atoms with E-state index < -0.39 is 11.2 Å². The minimum Gasteiger partial charge on any atom is -0.335 e. The predicted molar refractivity (Wildman–Crippen MR) is 118 cm³/mol. The summed E-state index contributed by atoms with van der Waals surface area (Å²) < 4.78 is 15.7. The van der Waals surface area contributed by atoms with Gasteiger partial charge in [-0.3, -0.25) is 14.9 Å². The minimum atomic E-state index is -0.575. The van der Waals surface area contributed by atoms with E-state index in [0.717, 1.165) is 5.52 Å². The molecule has 0 aliphatic heterocycles. The Hall–Kier alpha value is -4.21. The molecule has 0 aliphatic carbocycles. The number of hydrogen-bond donors (Lipinski definition) is 3. The third kappa shape index (κ3) is 3.35. The third-order valence-corrected chi connectivity index (χ3v) is 5.00. The largest absolute Gasteiger partial charge is 0.335 e. The molecule has 5 heterocycles. The number of fused-ring (bicyclic) bond motifs is 2. The predicted octanol–water partition coefficient (Wildman–Crippen LogP) is 4.08. The van der Waals surface area contributed by atoms with E-state index in [9.17, 15) is 4.79 Å². The molecule has 10 heteroatoms. The highest BCUT2D eigenvalue weighted by molar-refractivity contribution is 5.96. The fourth-order valence-electron chi connectivity index (χ4n) is 3.26. The Morgan fingerprint density at radius 1 is 1.12 bits per heavy atom. The lowest BCUT2D eigenvalue weighted by atomic mass is 9.95.